The molecule has 0 saturated heterocycles. The summed E-state index contributed by atoms with van der Waals surface area (Å²) in [7, 11) is 0. The van der Waals surface area contributed by atoms with Crippen LogP contribution in [0.3, 0.4) is 0 Å². The second kappa shape index (κ2) is 6.29. The topological polar surface area (TPSA) is 49.3 Å². The summed E-state index contributed by atoms with van der Waals surface area (Å²) in [5.41, 5.74) is 0.821. The number of nitrogens with one attached hydrogen (secondary N) is 1. The molecule has 2 rings (SSSR count). The zero-order chi connectivity index (χ0) is 13.8. The van der Waals surface area contributed by atoms with Crippen LogP contribution in [0.1, 0.15) is 49.4 Å². The minimum absolute atomic E-state index is 0.182. The fourth-order valence-electron chi connectivity index (χ4n) is 2.80. The van der Waals surface area contributed by atoms with E-state index < -0.39 is 5.97 Å². The van der Waals surface area contributed by atoms with Crippen LogP contribution in [0, 0.1) is 5.92 Å². The van der Waals surface area contributed by atoms with Gasteiger partial charge in [-0.2, -0.15) is 0 Å². The Hall–Kier alpha value is -1.22. The Labute approximate surface area is 119 Å². The maximum Gasteiger partial charge on any atom is 0.339 e. The molecule has 1 aliphatic rings. The molecule has 2 N–H and O–H groups in total. The third kappa shape index (κ3) is 3.41. The van der Waals surface area contributed by atoms with Crippen LogP contribution < -0.4 is 5.32 Å². The summed E-state index contributed by atoms with van der Waals surface area (Å²) >= 11 is 5.97. The van der Waals surface area contributed by atoms with Crippen molar-refractivity contribution >= 4 is 23.3 Å². The Bertz CT molecular complexity index is 453. The molecule has 0 aliphatic heterocycles. The molecule has 1 aromatic rings. The van der Waals surface area contributed by atoms with Gasteiger partial charge >= 0.3 is 5.97 Å². The zero-order valence-corrected chi connectivity index (χ0v) is 11.9. The third-order valence-electron chi connectivity index (χ3n) is 4.01. The molecule has 1 aromatic carbocycles. The number of hydrogen-bond acceptors (Lipinski definition) is 2. The first-order valence-corrected chi connectivity index (χ1v) is 7.28. The van der Waals surface area contributed by atoms with Crippen LogP contribution in [0.25, 0.3) is 0 Å². The Morgan fingerprint density at radius 1 is 1.37 bits per heavy atom. The van der Waals surface area contributed by atoms with Crippen molar-refractivity contribution in [2.24, 2.45) is 5.92 Å². The Balaban J connectivity index is 2.08. The SMILES string of the molecule is CCC1CCC(Nc2cccc(Cl)c2C(=O)O)CC1. The average Bonchev–Trinajstić information content (AvgIpc) is 2.39. The molecular formula is C15H20ClNO2. The van der Waals surface area contributed by atoms with Crippen LogP contribution >= 0.6 is 11.6 Å². The number of carboxylic acids is 1. The van der Waals surface area contributed by atoms with Crippen molar-refractivity contribution in [2.45, 2.75) is 45.1 Å². The highest BCUT2D eigenvalue weighted by Crippen LogP contribution is 2.31. The van der Waals surface area contributed by atoms with E-state index in [4.69, 9.17) is 11.6 Å². The minimum Gasteiger partial charge on any atom is -0.478 e. The summed E-state index contributed by atoms with van der Waals surface area (Å²) in [4.78, 5) is 11.3. The van der Waals surface area contributed by atoms with Crippen molar-refractivity contribution in [3.8, 4) is 0 Å². The van der Waals surface area contributed by atoms with Crippen molar-refractivity contribution in [3.05, 3.63) is 28.8 Å². The lowest BCUT2D eigenvalue weighted by atomic mass is 9.84. The van der Waals surface area contributed by atoms with E-state index in [0.717, 1.165) is 18.8 Å². The predicted octanol–water partition coefficient (Wildman–Crippen LogP) is 4.42. The number of carbonyl (C=O) groups is 1. The fraction of sp³-hybridized carbons (Fsp3) is 0.533. The second-order valence-corrected chi connectivity index (χ2v) is 5.64. The molecule has 0 aromatic heterocycles. The molecule has 1 aliphatic carbocycles. The van der Waals surface area contributed by atoms with E-state index in [1.54, 1.807) is 18.2 Å². The minimum atomic E-state index is -0.977. The lowest BCUT2D eigenvalue weighted by Gasteiger charge is -2.29. The maximum atomic E-state index is 11.3. The second-order valence-electron chi connectivity index (χ2n) is 5.24. The van der Waals surface area contributed by atoms with Gasteiger partial charge in [-0.05, 0) is 43.7 Å². The standard InChI is InChI=1S/C15H20ClNO2/c1-2-10-6-8-11(9-7-10)17-13-5-3-4-12(16)14(13)15(18)19/h3-5,10-11,17H,2,6-9H2,1H3,(H,18,19). The van der Waals surface area contributed by atoms with Crippen molar-refractivity contribution in [1.29, 1.82) is 0 Å². The van der Waals surface area contributed by atoms with Crippen molar-refractivity contribution in [2.75, 3.05) is 5.32 Å². The molecule has 1 saturated carbocycles. The van der Waals surface area contributed by atoms with Gasteiger partial charge < -0.3 is 10.4 Å². The first kappa shape index (κ1) is 14.2. The lowest BCUT2D eigenvalue weighted by molar-refractivity contribution is 0.0698. The first-order valence-electron chi connectivity index (χ1n) is 6.90. The predicted molar refractivity (Wildman–Crippen MR) is 78.1 cm³/mol. The number of carboxylic acid groups (broad SMARTS) is 1. The Kier molecular flexibility index (Phi) is 4.70. The molecule has 3 nitrogen and oxygen atoms in total. The van der Waals surface area contributed by atoms with Gasteiger partial charge in [-0.1, -0.05) is 31.0 Å². The van der Waals surface area contributed by atoms with Gasteiger partial charge in [0.2, 0.25) is 0 Å². The van der Waals surface area contributed by atoms with Crippen LogP contribution in [0.2, 0.25) is 5.02 Å². The van der Waals surface area contributed by atoms with Gasteiger partial charge in [0.1, 0.15) is 5.56 Å². The number of rotatable bonds is 4. The molecule has 1 fully saturated rings. The van der Waals surface area contributed by atoms with E-state index in [0.29, 0.717) is 16.8 Å². The summed E-state index contributed by atoms with van der Waals surface area (Å²) < 4.78 is 0. The normalized spacial score (nSPS) is 23.1. The summed E-state index contributed by atoms with van der Waals surface area (Å²) in [6.45, 7) is 2.23. The van der Waals surface area contributed by atoms with Gasteiger partial charge in [-0.25, -0.2) is 4.79 Å². The van der Waals surface area contributed by atoms with Crippen molar-refractivity contribution in [1.82, 2.24) is 0 Å². The molecule has 0 unspecified atom stereocenters. The third-order valence-corrected chi connectivity index (χ3v) is 4.33. The van der Waals surface area contributed by atoms with E-state index in [1.807, 2.05) is 0 Å². The van der Waals surface area contributed by atoms with E-state index in [-0.39, 0.29) is 5.56 Å². The highest BCUT2D eigenvalue weighted by atomic mass is 35.5. The number of benzene rings is 1. The van der Waals surface area contributed by atoms with E-state index in [1.165, 1.54) is 19.3 Å². The van der Waals surface area contributed by atoms with Gasteiger partial charge in [0.25, 0.3) is 0 Å². The molecule has 4 heteroatoms. The van der Waals surface area contributed by atoms with Gasteiger partial charge in [0.05, 0.1) is 10.7 Å². The molecule has 0 radical (unpaired) electrons. The monoisotopic (exact) mass is 281 g/mol. The molecule has 0 atom stereocenters. The Morgan fingerprint density at radius 3 is 2.63 bits per heavy atom. The summed E-state index contributed by atoms with van der Waals surface area (Å²) in [5.74, 6) is -0.147. The number of aromatic carboxylic acids is 1. The van der Waals surface area contributed by atoms with Crippen LogP contribution in [0.4, 0.5) is 5.69 Å². The number of halogens is 1. The zero-order valence-electron chi connectivity index (χ0n) is 11.2. The fourth-order valence-corrected chi connectivity index (χ4v) is 3.05. The summed E-state index contributed by atoms with van der Waals surface area (Å²) in [6.07, 6.45) is 5.88. The Morgan fingerprint density at radius 2 is 2.05 bits per heavy atom. The van der Waals surface area contributed by atoms with Crippen LogP contribution in [0.15, 0.2) is 18.2 Å². The number of anilines is 1. The highest BCUT2D eigenvalue weighted by Gasteiger charge is 2.22. The van der Waals surface area contributed by atoms with Crippen LogP contribution in [-0.2, 0) is 0 Å². The van der Waals surface area contributed by atoms with Crippen molar-refractivity contribution in [3.63, 3.8) is 0 Å². The first-order chi connectivity index (χ1) is 9.11. The summed E-state index contributed by atoms with van der Waals surface area (Å²) in [6, 6.07) is 5.56. The molecule has 104 valence electrons. The maximum absolute atomic E-state index is 11.3. The summed E-state index contributed by atoms with van der Waals surface area (Å²) in [5, 5.41) is 12.9. The lowest BCUT2D eigenvalue weighted by Crippen LogP contribution is -2.26. The average molecular weight is 282 g/mol. The van der Waals surface area contributed by atoms with Gasteiger partial charge in [0, 0.05) is 6.04 Å². The molecular weight excluding hydrogens is 262 g/mol. The van der Waals surface area contributed by atoms with Gasteiger partial charge in [0.15, 0.2) is 0 Å². The van der Waals surface area contributed by atoms with E-state index in [9.17, 15) is 9.90 Å². The number of hydrogen-bond donors (Lipinski definition) is 2. The van der Waals surface area contributed by atoms with Crippen LogP contribution in [0.5, 0.6) is 0 Å². The molecule has 0 amide bonds. The van der Waals surface area contributed by atoms with E-state index >= 15 is 0 Å². The van der Waals surface area contributed by atoms with E-state index in [2.05, 4.69) is 12.2 Å². The quantitative estimate of drug-likeness (QED) is 0.859. The smallest absolute Gasteiger partial charge is 0.339 e. The van der Waals surface area contributed by atoms with Crippen molar-refractivity contribution < 1.29 is 9.90 Å². The van der Waals surface area contributed by atoms with Crippen LogP contribution in [-0.4, -0.2) is 17.1 Å². The molecule has 19 heavy (non-hydrogen) atoms. The largest absolute Gasteiger partial charge is 0.478 e. The van der Waals surface area contributed by atoms with Gasteiger partial charge in [-0.15, -0.1) is 0 Å². The van der Waals surface area contributed by atoms with Gasteiger partial charge in [-0.3, -0.25) is 0 Å². The molecule has 0 heterocycles. The molecule has 0 bridgehead atoms. The highest BCUT2D eigenvalue weighted by molar-refractivity contribution is 6.34. The molecule has 0 spiro atoms.